The van der Waals surface area contributed by atoms with E-state index in [2.05, 4.69) is 0 Å². The van der Waals surface area contributed by atoms with E-state index in [4.69, 9.17) is 5.21 Å². The summed E-state index contributed by atoms with van der Waals surface area (Å²) in [5, 5.41) is 8.50. The number of hydrogen-bond donors (Lipinski definition) is 2. The number of Topliss-reactive ketones (excluding diaryl/α,β-unsaturated/α-hetero) is 1. The van der Waals surface area contributed by atoms with E-state index < -0.39 is 11.8 Å². The maximum atomic E-state index is 11.8. The van der Waals surface area contributed by atoms with E-state index >= 15 is 0 Å². The van der Waals surface area contributed by atoms with Crippen molar-refractivity contribution in [2.45, 2.75) is 12.8 Å². The van der Waals surface area contributed by atoms with E-state index in [0.29, 0.717) is 18.4 Å². The molecule has 0 aromatic heterocycles. The van der Waals surface area contributed by atoms with E-state index in [0.717, 1.165) is 5.56 Å². The Morgan fingerprint density at radius 1 is 1.40 bits per heavy atom. The molecule has 78 valence electrons. The van der Waals surface area contributed by atoms with Crippen LogP contribution >= 0.6 is 0 Å². The van der Waals surface area contributed by atoms with Crippen molar-refractivity contribution in [1.29, 1.82) is 0 Å². The highest BCUT2D eigenvalue weighted by Crippen LogP contribution is 2.25. The number of carbonyl (C=O) groups excluding carboxylic acids is 2. The molecule has 1 aliphatic rings. The summed E-state index contributed by atoms with van der Waals surface area (Å²) in [5.41, 5.74) is 3.11. The average molecular weight is 205 g/mol. The molecule has 4 heteroatoms. The molecule has 0 saturated carbocycles. The smallest absolute Gasteiger partial charge is 0.254 e. The average Bonchev–Trinajstić information content (AvgIpc) is 2.29. The number of rotatable bonds is 1. The van der Waals surface area contributed by atoms with Crippen LogP contribution in [-0.4, -0.2) is 16.9 Å². The van der Waals surface area contributed by atoms with E-state index in [9.17, 15) is 9.59 Å². The zero-order valence-electron chi connectivity index (χ0n) is 8.06. The molecule has 0 heterocycles. The third kappa shape index (κ3) is 1.64. The topological polar surface area (TPSA) is 66.4 Å². The molecular weight excluding hydrogens is 194 g/mol. The van der Waals surface area contributed by atoms with Gasteiger partial charge in [-0.2, -0.15) is 0 Å². The first-order valence-corrected chi connectivity index (χ1v) is 4.80. The summed E-state index contributed by atoms with van der Waals surface area (Å²) in [6, 6.07) is 7.25. The van der Waals surface area contributed by atoms with Crippen LogP contribution in [0.1, 0.15) is 22.3 Å². The summed E-state index contributed by atoms with van der Waals surface area (Å²) in [6.45, 7) is 0. The number of fused-ring (bicyclic) bond motifs is 1. The second-order valence-electron chi connectivity index (χ2n) is 3.59. The Hall–Kier alpha value is -1.68. The van der Waals surface area contributed by atoms with Crippen molar-refractivity contribution in [2.75, 3.05) is 0 Å². The number of nitrogens with one attached hydrogen (secondary N) is 1. The highest BCUT2D eigenvalue weighted by Gasteiger charge is 2.32. The minimum atomic E-state index is -0.745. The molecular formula is C11H11NO3. The number of ketones is 1. The summed E-state index contributed by atoms with van der Waals surface area (Å²) >= 11 is 0. The predicted molar refractivity (Wildman–Crippen MR) is 52.5 cm³/mol. The second-order valence-corrected chi connectivity index (χ2v) is 3.59. The second kappa shape index (κ2) is 3.82. The summed E-state index contributed by atoms with van der Waals surface area (Å²) in [4.78, 5) is 23.1. The van der Waals surface area contributed by atoms with Crippen LogP contribution in [0.4, 0.5) is 0 Å². The van der Waals surface area contributed by atoms with Crippen LogP contribution in [0, 0.1) is 5.92 Å². The van der Waals surface area contributed by atoms with Gasteiger partial charge in [0.2, 0.25) is 0 Å². The Kier molecular flexibility index (Phi) is 2.51. The normalized spacial score (nSPS) is 19.5. The van der Waals surface area contributed by atoms with Gasteiger partial charge in [-0.15, -0.1) is 0 Å². The Bertz CT molecular complexity index is 414. The van der Waals surface area contributed by atoms with Gasteiger partial charge in [-0.3, -0.25) is 14.8 Å². The molecule has 1 amide bonds. The SMILES string of the molecule is O=C(NO)C1CCc2ccccc2C1=O. The van der Waals surface area contributed by atoms with Crippen molar-refractivity contribution in [3.05, 3.63) is 35.4 Å². The van der Waals surface area contributed by atoms with Gasteiger partial charge in [0, 0.05) is 5.56 Å². The zero-order valence-corrected chi connectivity index (χ0v) is 8.06. The molecule has 4 nitrogen and oxygen atoms in total. The molecule has 1 atom stereocenters. The fraction of sp³-hybridized carbons (Fsp3) is 0.273. The molecule has 0 aliphatic heterocycles. The molecule has 1 unspecified atom stereocenters. The molecule has 0 saturated heterocycles. The maximum Gasteiger partial charge on any atom is 0.254 e. The number of hydroxylamine groups is 1. The maximum absolute atomic E-state index is 11.8. The monoisotopic (exact) mass is 205 g/mol. The van der Waals surface area contributed by atoms with Gasteiger partial charge >= 0.3 is 0 Å². The minimum absolute atomic E-state index is 0.205. The molecule has 15 heavy (non-hydrogen) atoms. The van der Waals surface area contributed by atoms with Crippen molar-refractivity contribution >= 4 is 11.7 Å². The molecule has 1 aromatic carbocycles. The third-order valence-corrected chi connectivity index (χ3v) is 2.73. The van der Waals surface area contributed by atoms with Gasteiger partial charge < -0.3 is 0 Å². The molecule has 1 aromatic rings. The minimum Gasteiger partial charge on any atom is -0.293 e. The van der Waals surface area contributed by atoms with Gasteiger partial charge in [-0.25, -0.2) is 5.48 Å². The van der Waals surface area contributed by atoms with Crippen LogP contribution in [0.25, 0.3) is 0 Å². The highest BCUT2D eigenvalue weighted by atomic mass is 16.5. The number of aryl methyl sites for hydroxylation is 1. The third-order valence-electron chi connectivity index (χ3n) is 2.73. The van der Waals surface area contributed by atoms with Crippen LogP contribution in [-0.2, 0) is 11.2 Å². The summed E-state index contributed by atoms with van der Waals surface area (Å²) in [7, 11) is 0. The predicted octanol–water partition coefficient (Wildman–Crippen LogP) is 0.937. The molecule has 2 rings (SSSR count). The van der Waals surface area contributed by atoms with E-state index in [-0.39, 0.29) is 5.78 Å². The van der Waals surface area contributed by atoms with Crippen molar-refractivity contribution in [1.82, 2.24) is 5.48 Å². The van der Waals surface area contributed by atoms with Gasteiger partial charge in [0.15, 0.2) is 5.78 Å². The highest BCUT2D eigenvalue weighted by molar-refractivity contribution is 6.11. The lowest BCUT2D eigenvalue weighted by Crippen LogP contribution is -2.36. The van der Waals surface area contributed by atoms with Crippen LogP contribution in [0.3, 0.4) is 0 Å². The van der Waals surface area contributed by atoms with E-state index in [1.54, 1.807) is 12.1 Å². The molecule has 0 bridgehead atoms. The Balaban J connectivity index is 2.34. The number of benzene rings is 1. The van der Waals surface area contributed by atoms with Crippen molar-refractivity contribution in [3.63, 3.8) is 0 Å². The summed E-state index contributed by atoms with van der Waals surface area (Å²) in [6.07, 6.45) is 1.16. The molecule has 0 spiro atoms. The molecule has 0 fully saturated rings. The number of carbonyl (C=O) groups is 2. The van der Waals surface area contributed by atoms with E-state index in [1.807, 2.05) is 12.1 Å². The van der Waals surface area contributed by atoms with Crippen LogP contribution < -0.4 is 5.48 Å². The van der Waals surface area contributed by atoms with Gasteiger partial charge in [-0.05, 0) is 18.4 Å². The summed E-state index contributed by atoms with van der Waals surface area (Å²) < 4.78 is 0. The van der Waals surface area contributed by atoms with Crippen LogP contribution in [0.2, 0.25) is 0 Å². The standard InChI is InChI=1S/C11H11NO3/c13-10-8-4-2-1-3-7(8)5-6-9(10)11(14)12-15/h1-4,9,15H,5-6H2,(H,12,14). The summed E-state index contributed by atoms with van der Waals surface area (Å²) in [5.74, 6) is -1.57. The molecule has 1 aliphatic carbocycles. The van der Waals surface area contributed by atoms with Gasteiger partial charge in [0.1, 0.15) is 5.92 Å². The van der Waals surface area contributed by atoms with E-state index in [1.165, 1.54) is 5.48 Å². The van der Waals surface area contributed by atoms with Gasteiger partial charge in [-0.1, -0.05) is 24.3 Å². The molecule has 0 radical (unpaired) electrons. The Labute approximate surface area is 86.9 Å². The van der Waals surface area contributed by atoms with Crippen LogP contribution in [0.5, 0.6) is 0 Å². The van der Waals surface area contributed by atoms with Crippen LogP contribution in [0.15, 0.2) is 24.3 Å². The first-order valence-electron chi connectivity index (χ1n) is 4.80. The lowest BCUT2D eigenvalue weighted by atomic mass is 9.82. The number of hydrogen-bond acceptors (Lipinski definition) is 3. The Morgan fingerprint density at radius 3 is 2.87 bits per heavy atom. The fourth-order valence-corrected chi connectivity index (χ4v) is 1.93. The first kappa shape index (κ1) is 9.86. The molecule has 2 N–H and O–H groups in total. The zero-order chi connectivity index (χ0) is 10.8. The van der Waals surface area contributed by atoms with Crippen molar-refractivity contribution in [3.8, 4) is 0 Å². The quantitative estimate of drug-likeness (QED) is 0.407. The number of amides is 1. The van der Waals surface area contributed by atoms with Crippen molar-refractivity contribution in [2.24, 2.45) is 5.92 Å². The lowest BCUT2D eigenvalue weighted by Gasteiger charge is -2.21. The fourth-order valence-electron chi connectivity index (χ4n) is 1.93. The van der Waals surface area contributed by atoms with Gasteiger partial charge in [0.05, 0.1) is 0 Å². The largest absolute Gasteiger partial charge is 0.293 e. The first-order chi connectivity index (χ1) is 7.24. The Morgan fingerprint density at radius 2 is 2.13 bits per heavy atom. The lowest BCUT2D eigenvalue weighted by molar-refractivity contribution is -0.132. The van der Waals surface area contributed by atoms with Gasteiger partial charge in [0.25, 0.3) is 5.91 Å². The van der Waals surface area contributed by atoms with Crippen molar-refractivity contribution < 1.29 is 14.8 Å².